The van der Waals surface area contributed by atoms with Crippen molar-refractivity contribution in [3.05, 3.63) is 28.5 Å². The molecule has 1 atom stereocenters. The maximum absolute atomic E-state index is 11.9. The molecule has 1 unspecified atom stereocenters. The highest BCUT2D eigenvalue weighted by atomic mass is 79.9. The van der Waals surface area contributed by atoms with E-state index in [2.05, 4.69) is 26.2 Å². The zero-order valence-electron chi connectivity index (χ0n) is 10.0. The lowest BCUT2D eigenvalue weighted by molar-refractivity contribution is -0.137. The van der Waals surface area contributed by atoms with Crippen molar-refractivity contribution in [3.63, 3.8) is 0 Å². The van der Waals surface area contributed by atoms with Gasteiger partial charge in [-0.2, -0.15) is 0 Å². The van der Waals surface area contributed by atoms with Gasteiger partial charge >= 0.3 is 5.97 Å². The van der Waals surface area contributed by atoms with Crippen LogP contribution < -0.4 is 5.32 Å². The normalized spacial score (nSPS) is 11.9. The van der Waals surface area contributed by atoms with E-state index in [4.69, 9.17) is 5.11 Å². The summed E-state index contributed by atoms with van der Waals surface area (Å²) in [4.78, 5) is 26.5. The van der Waals surface area contributed by atoms with Crippen molar-refractivity contribution in [1.82, 2.24) is 10.3 Å². The van der Waals surface area contributed by atoms with Crippen LogP contribution in [0.15, 0.2) is 22.9 Å². The Kier molecular flexibility index (Phi) is 5.77. The molecule has 0 aromatic carbocycles. The third kappa shape index (κ3) is 4.83. The van der Waals surface area contributed by atoms with E-state index in [1.54, 1.807) is 12.1 Å². The highest BCUT2D eigenvalue weighted by Gasteiger charge is 2.16. The van der Waals surface area contributed by atoms with E-state index in [0.29, 0.717) is 16.6 Å². The molecule has 0 saturated heterocycles. The van der Waals surface area contributed by atoms with Crippen molar-refractivity contribution in [2.24, 2.45) is 0 Å². The number of pyridine rings is 1. The van der Waals surface area contributed by atoms with Crippen molar-refractivity contribution in [3.8, 4) is 0 Å². The third-order valence-electron chi connectivity index (χ3n) is 2.38. The molecule has 1 aromatic rings. The zero-order chi connectivity index (χ0) is 13.5. The minimum absolute atomic E-state index is 0.0637. The molecule has 0 fully saturated rings. The summed E-state index contributed by atoms with van der Waals surface area (Å²) in [5.74, 6) is -1.19. The Labute approximate surface area is 114 Å². The maximum Gasteiger partial charge on any atom is 0.305 e. The molecule has 18 heavy (non-hydrogen) atoms. The number of carboxylic acids is 1. The summed E-state index contributed by atoms with van der Waals surface area (Å²) in [6, 6.07) is 2.84. The Hall–Kier alpha value is -1.43. The first-order valence-corrected chi connectivity index (χ1v) is 6.46. The molecule has 0 radical (unpaired) electrons. The van der Waals surface area contributed by atoms with Gasteiger partial charge in [0.05, 0.1) is 6.42 Å². The lowest BCUT2D eigenvalue weighted by atomic mass is 10.1. The van der Waals surface area contributed by atoms with Gasteiger partial charge in [-0.05, 0) is 34.5 Å². The molecule has 6 heteroatoms. The molecule has 0 bridgehead atoms. The molecule has 0 aliphatic carbocycles. The zero-order valence-corrected chi connectivity index (χ0v) is 11.6. The lowest BCUT2D eigenvalue weighted by Crippen LogP contribution is -2.36. The summed E-state index contributed by atoms with van der Waals surface area (Å²) in [5, 5.41) is 11.5. The fourth-order valence-electron chi connectivity index (χ4n) is 1.60. The van der Waals surface area contributed by atoms with Gasteiger partial charge in [-0.15, -0.1) is 0 Å². The van der Waals surface area contributed by atoms with E-state index in [0.717, 1.165) is 6.42 Å². The third-order valence-corrected chi connectivity index (χ3v) is 2.82. The summed E-state index contributed by atoms with van der Waals surface area (Å²) >= 11 is 3.18. The van der Waals surface area contributed by atoms with Gasteiger partial charge in [0.1, 0.15) is 4.60 Å². The van der Waals surface area contributed by atoms with Crippen LogP contribution in [0.2, 0.25) is 0 Å². The van der Waals surface area contributed by atoms with E-state index in [1.807, 2.05) is 6.92 Å². The molecule has 1 heterocycles. The van der Waals surface area contributed by atoms with Crippen LogP contribution in [0.3, 0.4) is 0 Å². The first-order chi connectivity index (χ1) is 8.52. The molecule has 0 saturated carbocycles. The van der Waals surface area contributed by atoms with Crippen molar-refractivity contribution in [2.45, 2.75) is 32.2 Å². The molecular weight excluding hydrogens is 300 g/mol. The topological polar surface area (TPSA) is 79.3 Å². The lowest BCUT2D eigenvalue weighted by Gasteiger charge is -2.16. The second-order valence-corrected chi connectivity index (χ2v) is 4.74. The number of aliphatic carboxylic acids is 1. The number of hydrogen-bond donors (Lipinski definition) is 2. The highest BCUT2D eigenvalue weighted by Crippen LogP contribution is 2.09. The minimum Gasteiger partial charge on any atom is -0.481 e. The number of carboxylic acid groups (broad SMARTS) is 1. The predicted octanol–water partition coefficient (Wildman–Crippen LogP) is 2.22. The van der Waals surface area contributed by atoms with Gasteiger partial charge in [-0.25, -0.2) is 4.98 Å². The van der Waals surface area contributed by atoms with E-state index >= 15 is 0 Å². The van der Waals surface area contributed by atoms with Crippen LogP contribution in [-0.4, -0.2) is 28.0 Å². The second-order valence-electron chi connectivity index (χ2n) is 3.92. The first-order valence-electron chi connectivity index (χ1n) is 5.67. The fraction of sp³-hybridized carbons (Fsp3) is 0.417. The van der Waals surface area contributed by atoms with Crippen LogP contribution in [0.5, 0.6) is 0 Å². The van der Waals surface area contributed by atoms with Crippen LogP contribution in [0.4, 0.5) is 0 Å². The summed E-state index contributed by atoms with van der Waals surface area (Å²) in [7, 11) is 0. The van der Waals surface area contributed by atoms with Gasteiger partial charge < -0.3 is 10.4 Å². The molecule has 5 nitrogen and oxygen atoms in total. The molecular formula is C12H15BrN2O3. The molecule has 0 spiro atoms. The minimum atomic E-state index is -0.912. The molecule has 1 aromatic heterocycles. The first kappa shape index (κ1) is 14.6. The number of amides is 1. The Balaban J connectivity index is 2.68. The van der Waals surface area contributed by atoms with Crippen molar-refractivity contribution in [2.75, 3.05) is 0 Å². The summed E-state index contributed by atoms with van der Waals surface area (Å²) < 4.78 is 0.570. The van der Waals surface area contributed by atoms with Crippen LogP contribution in [0.1, 0.15) is 36.5 Å². The fourth-order valence-corrected chi connectivity index (χ4v) is 1.96. The van der Waals surface area contributed by atoms with Crippen molar-refractivity contribution >= 4 is 27.8 Å². The second kappa shape index (κ2) is 7.10. The van der Waals surface area contributed by atoms with Gasteiger partial charge in [-0.1, -0.05) is 13.3 Å². The van der Waals surface area contributed by atoms with Gasteiger partial charge in [0, 0.05) is 17.8 Å². The Morgan fingerprint density at radius 3 is 2.83 bits per heavy atom. The van der Waals surface area contributed by atoms with Crippen LogP contribution >= 0.6 is 15.9 Å². The number of rotatable bonds is 6. The summed E-state index contributed by atoms with van der Waals surface area (Å²) in [5.41, 5.74) is 0.461. The van der Waals surface area contributed by atoms with E-state index < -0.39 is 5.97 Å². The molecule has 1 rings (SSSR count). The molecule has 2 N–H and O–H groups in total. The molecule has 1 amide bonds. The monoisotopic (exact) mass is 314 g/mol. The van der Waals surface area contributed by atoms with Gasteiger partial charge in [-0.3, -0.25) is 9.59 Å². The number of carbonyl (C=O) groups is 2. The largest absolute Gasteiger partial charge is 0.481 e. The SMILES string of the molecule is CCCC(CC(=O)O)NC(=O)c1ccnc(Br)c1. The number of aromatic nitrogens is 1. The van der Waals surface area contributed by atoms with E-state index in [1.165, 1.54) is 6.20 Å². The van der Waals surface area contributed by atoms with E-state index in [9.17, 15) is 9.59 Å². The van der Waals surface area contributed by atoms with Gasteiger partial charge in [0.15, 0.2) is 0 Å². The number of carbonyl (C=O) groups excluding carboxylic acids is 1. The Morgan fingerprint density at radius 1 is 1.56 bits per heavy atom. The van der Waals surface area contributed by atoms with Gasteiger partial charge in [0.25, 0.3) is 5.91 Å². The summed E-state index contributed by atoms with van der Waals surface area (Å²) in [6.07, 6.45) is 2.92. The maximum atomic E-state index is 11.9. The average molecular weight is 315 g/mol. The highest BCUT2D eigenvalue weighted by molar-refractivity contribution is 9.10. The van der Waals surface area contributed by atoms with Crippen molar-refractivity contribution in [1.29, 1.82) is 0 Å². The van der Waals surface area contributed by atoms with Crippen molar-refractivity contribution < 1.29 is 14.7 Å². The quantitative estimate of drug-likeness (QED) is 0.789. The van der Waals surface area contributed by atoms with Crippen LogP contribution in [0, 0.1) is 0 Å². The van der Waals surface area contributed by atoms with Crippen LogP contribution in [-0.2, 0) is 4.79 Å². The Bertz CT molecular complexity index is 437. The average Bonchev–Trinajstić information content (AvgIpc) is 2.28. The van der Waals surface area contributed by atoms with Gasteiger partial charge in [0.2, 0.25) is 0 Å². The number of hydrogen-bond acceptors (Lipinski definition) is 3. The molecule has 0 aliphatic heterocycles. The molecule has 98 valence electrons. The van der Waals surface area contributed by atoms with Crippen LogP contribution in [0.25, 0.3) is 0 Å². The molecule has 0 aliphatic rings. The Morgan fingerprint density at radius 2 is 2.28 bits per heavy atom. The standard InChI is InChI=1S/C12H15BrN2O3/c1-2-3-9(7-11(16)17)15-12(18)8-4-5-14-10(13)6-8/h4-6,9H,2-3,7H2,1H3,(H,15,18)(H,16,17). The number of halogens is 1. The predicted molar refractivity (Wildman–Crippen MR) is 70.4 cm³/mol. The summed E-state index contributed by atoms with van der Waals surface area (Å²) in [6.45, 7) is 1.95. The smallest absolute Gasteiger partial charge is 0.305 e. The van der Waals surface area contributed by atoms with E-state index in [-0.39, 0.29) is 18.4 Å². The number of nitrogens with one attached hydrogen (secondary N) is 1. The number of nitrogens with zero attached hydrogens (tertiary/aromatic N) is 1.